The number of fused-ring (bicyclic) bond motifs is 1. The molecule has 13 nitrogen and oxygen atoms in total. The topological polar surface area (TPSA) is 140 Å². The highest BCUT2D eigenvalue weighted by molar-refractivity contribution is 5.99. The van der Waals surface area contributed by atoms with Crippen LogP contribution in [0.15, 0.2) is 55.0 Å². The molecule has 13 heteroatoms. The lowest BCUT2D eigenvalue weighted by atomic mass is 10.1. The van der Waals surface area contributed by atoms with Crippen LogP contribution in [0.25, 0.3) is 22.4 Å². The predicted molar refractivity (Wildman–Crippen MR) is 167 cm³/mol. The number of urea groups is 1. The molecule has 3 amide bonds. The molecule has 2 N–H and O–H groups in total. The molecule has 0 radical (unpaired) electrons. The van der Waals surface area contributed by atoms with Gasteiger partial charge in [-0.05, 0) is 70.0 Å². The smallest absolute Gasteiger partial charge is 0.410 e. The molecular weight excluding hydrogens is 562 g/mol. The Balaban J connectivity index is 1.24. The van der Waals surface area contributed by atoms with Crippen molar-refractivity contribution in [2.45, 2.75) is 45.3 Å². The van der Waals surface area contributed by atoms with Crippen LogP contribution < -0.4 is 15.5 Å². The summed E-state index contributed by atoms with van der Waals surface area (Å²) in [6, 6.07) is 10.6. The SMILES string of the molecule is CC(C)(C)OC(=O)N1CCC(n2ncc3c(N4CCOCC4)nc(-c4ccc(NC(=O)Nc5ccncc5)cc4)nc32)CC1. The third kappa shape index (κ3) is 6.72. The van der Waals surface area contributed by atoms with E-state index in [0.29, 0.717) is 43.5 Å². The normalized spacial score (nSPS) is 16.2. The summed E-state index contributed by atoms with van der Waals surface area (Å²) >= 11 is 0. The summed E-state index contributed by atoms with van der Waals surface area (Å²) in [5.74, 6) is 1.39. The van der Waals surface area contributed by atoms with Crippen LogP contribution in [0.1, 0.15) is 39.7 Å². The van der Waals surface area contributed by atoms with Gasteiger partial charge in [0.2, 0.25) is 0 Å². The zero-order valence-electron chi connectivity index (χ0n) is 25.2. The molecule has 2 aliphatic rings. The average Bonchev–Trinajstić information content (AvgIpc) is 3.45. The number of likely N-dealkylation sites (tertiary alicyclic amines) is 1. The fourth-order valence-electron chi connectivity index (χ4n) is 5.37. The Kier molecular flexibility index (Phi) is 8.29. The lowest BCUT2D eigenvalue weighted by Gasteiger charge is -2.33. The van der Waals surface area contributed by atoms with Crippen LogP contribution in [-0.2, 0) is 9.47 Å². The summed E-state index contributed by atoms with van der Waals surface area (Å²) in [5, 5.41) is 11.3. The minimum atomic E-state index is -0.532. The van der Waals surface area contributed by atoms with E-state index in [2.05, 4.69) is 20.5 Å². The van der Waals surface area contributed by atoms with Gasteiger partial charge in [-0.25, -0.2) is 24.2 Å². The van der Waals surface area contributed by atoms with Crippen molar-refractivity contribution in [3.63, 3.8) is 0 Å². The van der Waals surface area contributed by atoms with Crippen molar-refractivity contribution in [3.05, 3.63) is 55.0 Å². The summed E-state index contributed by atoms with van der Waals surface area (Å²) in [6.07, 6.45) is 6.28. The van der Waals surface area contributed by atoms with Gasteiger partial charge in [0.05, 0.1) is 30.8 Å². The Bertz CT molecular complexity index is 1610. The molecule has 5 heterocycles. The maximum absolute atomic E-state index is 12.6. The largest absolute Gasteiger partial charge is 0.444 e. The molecule has 0 aliphatic carbocycles. The van der Waals surface area contributed by atoms with Gasteiger partial charge in [-0.3, -0.25) is 4.98 Å². The molecule has 44 heavy (non-hydrogen) atoms. The number of carbonyl (C=O) groups is 2. The summed E-state index contributed by atoms with van der Waals surface area (Å²) in [7, 11) is 0. The van der Waals surface area contributed by atoms with Gasteiger partial charge in [0.25, 0.3) is 0 Å². The van der Waals surface area contributed by atoms with Crippen molar-refractivity contribution >= 4 is 40.4 Å². The van der Waals surface area contributed by atoms with Gasteiger partial charge in [-0.2, -0.15) is 5.10 Å². The van der Waals surface area contributed by atoms with Gasteiger partial charge >= 0.3 is 12.1 Å². The molecule has 1 aromatic carbocycles. The van der Waals surface area contributed by atoms with E-state index in [1.165, 1.54) is 0 Å². The first kappa shape index (κ1) is 29.3. The second-order valence-electron chi connectivity index (χ2n) is 11.9. The van der Waals surface area contributed by atoms with E-state index < -0.39 is 5.60 Å². The fraction of sp³-hybridized carbons (Fsp3) is 0.419. The van der Waals surface area contributed by atoms with Crippen LogP contribution in [0, 0.1) is 0 Å². The third-order valence-corrected chi connectivity index (χ3v) is 7.55. The van der Waals surface area contributed by atoms with E-state index >= 15 is 0 Å². The van der Waals surface area contributed by atoms with Crippen LogP contribution in [0.4, 0.5) is 26.8 Å². The van der Waals surface area contributed by atoms with E-state index in [1.807, 2.05) is 55.9 Å². The number of hydrogen-bond donors (Lipinski definition) is 2. The van der Waals surface area contributed by atoms with Crippen molar-refractivity contribution in [3.8, 4) is 11.4 Å². The number of amides is 3. The molecule has 0 saturated carbocycles. The number of nitrogens with one attached hydrogen (secondary N) is 2. The molecule has 6 rings (SSSR count). The first-order valence-corrected chi connectivity index (χ1v) is 14.9. The third-order valence-electron chi connectivity index (χ3n) is 7.55. The summed E-state index contributed by atoms with van der Waals surface area (Å²) < 4.78 is 13.2. The molecule has 4 aromatic rings. The van der Waals surface area contributed by atoms with Gasteiger partial charge in [0.15, 0.2) is 11.5 Å². The number of piperidine rings is 1. The molecule has 2 saturated heterocycles. The van der Waals surface area contributed by atoms with E-state index in [9.17, 15) is 9.59 Å². The summed E-state index contributed by atoms with van der Waals surface area (Å²) in [4.78, 5) is 43.0. The Morgan fingerprint density at radius 3 is 2.23 bits per heavy atom. The highest BCUT2D eigenvalue weighted by Gasteiger charge is 2.30. The number of pyridine rings is 1. The molecule has 2 fully saturated rings. The lowest BCUT2D eigenvalue weighted by molar-refractivity contribution is 0.0186. The molecule has 0 spiro atoms. The maximum Gasteiger partial charge on any atom is 0.410 e. The number of morpholine rings is 1. The van der Waals surface area contributed by atoms with Gasteiger partial charge < -0.3 is 29.9 Å². The summed E-state index contributed by atoms with van der Waals surface area (Å²) in [5.41, 5.74) is 2.33. The zero-order chi connectivity index (χ0) is 30.7. The van der Waals surface area contributed by atoms with Crippen molar-refractivity contribution < 1.29 is 19.1 Å². The maximum atomic E-state index is 12.6. The fourth-order valence-corrected chi connectivity index (χ4v) is 5.37. The number of rotatable bonds is 5. The molecular formula is C31H37N9O4. The first-order chi connectivity index (χ1) is 21.2. The van der Waals surface area contributed by atoms with E-state index in [1.54, 1.807) is 29.4 Å². The number of anilines is 3. The van der Waals surface area contributed by atoms with E-state index in [-0.39, 0.29) is 18.2 Å². The number of ether oxygens (including phenoxy) is 2. The second kappa shape index (κ2) is 12.4. The van der Waals surface area contributed by atoms with Crippen LogP contribution in [0.3, 0.4) is 0 Å². The van der Waals surface area contributed by atoms with Crippen molar-refractivity contribution in [1.29, 1.82) is 0 Å². The second-order valence-corrected chi connectivity index (χ2v) is 11.9. The highest BCUT2D eigenvalue weighted by Crippen LogP contribution is 2.32. The zero-order valence-corrected chi connectivity index (χ0v) is 25.2. The highest BCUT2D eigenvalue weighted by atomic mass is 16.6. The number of carbonyl (C=O) groups excluding carboxylic acids is 2. The van der Waals surface area contributed by atoms with Crippen LogP contribution in [0.5, 0.6) is 0 Å². The average molecular weight is 600 g/mol. The first-order valence-electron chi connectivity index (χ1n) is 14.9. The Morgan fingerprint density at radius 1 is 0.909 bits per heavy atom. The Morgan fingerprint density at radius 2 is 1.57 bits per heavy atom. The van der Waals surface area contributed by atoms with Crippen molar-refractivity contribution in [1.82, 2.24) is 29.6 Å². The monoisotopic (exact) mass is 599 g/mol. The minimum absolute atomic E-state index is 0.0805. The lowest BCUT2D eigenvalue weighted by Crippen LogP contribution is -2.42. The molecule has 3 aromatic heterocycles. The molecule has 0 atom stereocenters. The van der Waals surface area contributed by atoms with Crippen molar-refractivity contribution in [2.24, 2.45) is 0 Å². The minimum Gasteiger partial charge on any atom is -0.444 e. The van der Waals surface area contributed by atoms with Crippen LogP contribution >= 0.6 is 0 Å². The Labute approximate surface area is 255 Å². The van der Waals surface area contributed by atoms with E-state index in [0.717, 1.165) is 48.3 Å². The predicted octanol–water partition coefficient (Wildman–Crippen LogP) is 4.94. The number of aromatic nitrogens is 5. The van der Waals surface area contributed by atoms with Gasteiger partial charge in [0.1, 0.15) is 11.4 Å². The van der Waals surface area contributed by atoms with Crippen LogP contribution in [-0.4, -0.2) is 86.8 Å². The quantitative estimate of drug-likeness (QED) is 0.326. The standard InChI is InChI=1S/C31H37N9O4/c1-31(2,3)44-30(42)39-14-10-24(11-15-39)40-28-25(20-33-40)27(38-16-18-43-19-17-38)36-26(37-28)21-4-6-22(7-5-21)34-29(41)35-23-8-12-32-13-9-23/h4-9,12-13,20,24H,10-11,14-19H2,1-3H3,(H2,32,34,35,41). The number of nitrogens with zero attached hydrogens (tertiary/aromatic N) is 7. The number of benzene rings is 1. The van der Waals surface area contributed by atoms with E-state index in [4.69, 9.17) is 24.5 Å². The molecule has 0 unspecified atom stereocenters. The molecule has 230 valence electrons. The molecule has 2 aliphatic heterocycles. The molecule has 0 bridgehead atoms. The van der Waals surface area contributed by atoms with Gasteiger partial charge in [0, 0.05) is 55.5 Å². The Hall–Kier alpha value is -4.78. The summed E-state index contributed by atoms with van der Waals surface area (Å²) in [6.45, 7) is 9.49. The van der Waals surface area contributed by atoms with Crippen LogP contribution in [0.2, 0.25) is 0 Å². The van der Waals surface area contributed by atoms with Gasteiger partial charge in [-0.15, -0.1) is 0 Å². The van der Waals surface area contributed by atoms with Crippen molar-refractivity contribution in [2.75, 3.05) is 54.9 Å². The van der Waals surface area contributed by atoms with Gasteiger partial charge in [-0.1, -0.05) is 0 Å². The number of hydrogen-bond acceptors (Lipinski definition) is 9.